The molecule has 1 heterocycles. The van der Waals surface area contributed by atoms with Crippen LogP contribution >= 0.6 is 0 Å². The Bertz CT molecular complexity index is 1090. The van der Waals surface area contributed by atoms with Gasteiger partial charge in [-0.25, -0.2) is 4.39 Å². The number of halogens is 7. The Balaban J connectivity index is 1.64. The van der Waals surface area contributed by atoms with Crippen molar-refractivity contribution in [3.63, 3.8) is 0 Å². The number of amides is 1. The molecule has 4 nitrogen and oxygen atoms in total. The fourth-order valence-corrected chi connectivity index (χ4v) is 5.53. The van der Waals surface area contributed by atoms with E-state index in [1.54, 1.807) is 19.2 Å². The van der Waals surface area contributed by atoms with Crippen LogP contribution in [0.1, 0.15) is 60.5 Å². The standard InChI is InChI=1S/C26H27F7N2O2/c1-13(15-9-16(25(28,29)30)11-17(10-15)26(31,32)33)37-22-8-7-19(20-12-21(34-2)24(36)35-20)23(22)14-3-5-18(27)6-4-14/h3-6,9-11,13,19-23,34H,7-8,12H2,1-2H3,(H,35,36)/t13-,19+,20-,21-,22+,23+/m1/s1. The lowest BCUT2D eigenvalue weighted by molar-refractivity contribution is -0.143. The van der Waals surface area contributed by atoms with Crippen molar-refractivity contribution in [2.45, 2.75) is 68.7 Å². The molecule has 0 radical (unpaired) electrons. The molecular formula is C26H27F7N2O2. The third-order valence-electron chi connectivity index (χ3n) is 7.36. The fourth-order valence-electron chi connectivity index (χ4n) is 5.53. The minimum absolute atomic E-state index is 0.0874. The predicted octanol–water partition coefficient (Wildman–Crippen LogP) is 5.98. The Labute approximate surface area is 209 Å². The Kier molecular flexibility index (Phi) is 7.58. The first-order valence-electron chi connectivity index (χ1n) is 12.0. The SMILES string of the molecule is CN[C@@H]1C[C@H]([C@@H]2CC[C@H](O[C@H](C)c3cc(C(F)(F)F)cc(C(F)(F)F)c3)[C@H]2c2ccc(F)cc2)NC1=O. The second kappa shape index (κ2) is 10.2. The van der Waals surface area contributed by atoms with E-state index in [0.717, 1.165) is 5.56 Å². The van der Waals surface area contributed by atoms with Crippen LogP contribution in [0.4, 0.5) is 30.7 Å². The van der Waals surface area contributed by atoms with Crippen LogP contribution in [-0.2, 0) is 21.9 Å². The number of ether oxygens (including phenoxy) is 1. The van der Waals surface area contributed by atoms with Crippen LogP contribution in [0.3, 0.4) is 0 Å². The largest absolute Gasteiger partial charge is 0.416 e. The highest BCUT2D eigenvalue weighted by atomic mass is 19.4. The van der Waals surface area contributed by atoms with Gasteiger partial charge in [0.15, 0.2) is 0 Å². The van der Waals surface area contributed by atoms with Crippen molar-refractivity contribution in [3.05, 3.63) is 70.5 Å². The van der Waals surface area contributed by atoms with Gasteiger partial charge in [-0.05, 0) is 80.6 Å². The number of hydrogen-bond donors (Lipinski definition) is 2. The van der Waals surface area contributed by atoms with E-state index in [1.807, 2.05) is 0 Å². The maximum atomic E-state index is 13.6. The lowest BCUT2D eigenvalue weighted by atomic mass is 9.82. The topological polar surface area (TPSA) is 50.4 Å². The summed E-state index contributed by atoms with van der Waals surface area (Å²) in [6.07, 6.45) is -9.98. The maximum absolute atomic E-state index is 13.6. The number of nitrogens with one attached hydrogen (secondary N) is 2. The van der Waals surface area contributed by atoms with Crippen molar-refractivity contribution in [1.29, 1.82) is 0 Å². The predicted molar refractivity (Wildman–Crippen MR) is 121 cm³/mol. The molecule has 1 aliphatic carbocycles. The van der Waals surface area contributed by atoms with Crippen molar-refractivity contribution >= 4 is 5.91 Å². The molecule has 2 aromatic rings. The molecule has 2 N–H and O–H groups in total. The van der Waals surface area contributed by atoms with Crippen LogP contribution in [0, 0.1) is 11.7 Å². The second-order valence-electron chi connectivity index (χ2n) is 9.67. The molecule has 0 aromatic heterocycles. The van der Waals surface area contributed by atoms with Crippen LogP contribution in [0.25, 0.3) is 0 Å². The molecule has 11 heteroatoms. The summed E-state index contributed by atoms with van der Waals surface area (Å²) in [6.45, 7) is 1.42. The first-order chi connectivity index (χ1) is 17.3. The number of rotatable bonds is 6. The molecule has 1 saturated carbocycles. The third kappa shape index (κ3) is 5.93. The highest BCUT2D eigenvalue weighted by Gasteiger charge is 2.46. The lowest BCUT2D eigenvalue weighted by Crippen LogP contribution is -2.37. The van der Waals surface area contributed by atoms with E-state index in [4.69, 9.17) is 4.74 Å². The zero-order valence-electron chi connectivity index (χ0n) is 20.1. The summed E-state index contributed by atoms with van der Waals surface area (Å²) < 4.78 is 99.9. The molecule has 1 amide bonds. The highest BCUT2D eigenvalue weighted by molar-refractivity contribution is 5.84. The fraction of sp³-hybridized carbons (Fsp3) is 0.500. The number of hydrogen-bond acceptors (Lipinski definition) is 3. The molecule has 4 rings (SSSR count). The van der Waals surface area contributed by atoms with Crippen LogP contribution in [0.2, 0.25) is 0 Å². The van der Waals surface area contributed by atoms with Crippen molar-refractivity contribution in [1.82, 2.24) is 10.6 Å². The monoisotopic (exact) mass is 532 g/mol. The first-order valence-corrected chi connectivity index (χ1v) is 12.0. The molecule has 1 aliphatic heterocycles. The van der Waals surface area contributed by atoms with E-state index in [2.05, 4.69) is 10.6 Å². The van der Waals surface area contributed by atoms with Gasteiger partial charge >= 0.3 is 12.4 Å². The van der Waals surface area contributed by atoms with Crippen LogP contribution < -0.4 is 10.6 Å². The molecule has 202 valence electrons. The normalized spacial score (nSPS) is 27.4. The van der Waals surface area contributed by atoms with E-state index in [9.17, 15) is 35.5 Å². The van der Waals surface area contributed by atoms with Crippen LogP contribution in [0.15, 0.2) is 42.5 Å². The van der Waals surface area contributed by atoms with Gasteiger partial charge in [0.2, 0.25) is 5.91 Å². The average molecular weight is 533 g/mol. The van der Waals surface area contributed by atoms with Crippen LogP contribution in [0.5, 0.6) is 0 Å². The first kappa shape index (κ1) is 27.4. The van der Waals surface area contributed by atoms with Gasteiger partial charge in [-0.3, -0.25) is 4.79 Å². The van der Waals surface area contributed by atoms with Gasteiger partial charge in [0.1, 0.15) is 5.82 Å². The summed E-state index contributed by atoms with van der Waals surface area (Å²) in [5.41, 5.74) is -2.32. The van der Waals surface area contributed by atoms with Gasteiger partial charge in [0.05, 0.1) is 29.4 Å². The average Bonchev–Trinajstić information content (AvgIpc) is 3.41. The number of likely N-dealkylation sites (N-methyl/N-ethyl adjacent to an activating group) is 1. The minimum Gasteiger partial charge on any atom is -0.370 e. The number of carbonyl (C=O) groups is 1. The lowest BCUT2D eigenvalue weighted by Gasteiger charge is -2.31. The summed E-state index contributed by atoms with van der Waals surface area (Å²) in [7, 11) is 1.68. The molecule has 0 unspecified atom stereocenters. The van der Waals surface area contributed by atoms with E-state index in [0.29, 0.717) is 31.4 Å². The zero-order chi connectivity index (χ0) is 27.1. The van der Waals surface area contributed by atoms with E-state index in [-0.39, 0.29) is 41.5 Å². The van der Waals surface area contributed by atoms with Crippen LogP contribution in [-0.4, -0.2) is 31.1 Å². The molecule has 2 aromatic carbocycles. The summed E-state index contributed by atoms with van der Waals surface area (Å²) in [6, 6.07) is 6.62. The summed E-state index contributed by atoms with van der Waals surface area (Å²) >= 11 is 0. The number of alkyl halides is 6. The smallest absolute Gasteiger partial charge is 0.370 e. The summed E-state index contributed by atoms with van der Waals surface area (Å²) in [4.78, 5) is 12.3. The minimum atomic E-state index is -4.96. The summed E-state index contributed by atoms with van der Waals surface area (Å²) in [5, 5.41) is 5.93. The van der Waals surface area contributed by atoms with Gasteiger partial charge in [0.25, 0.3) is 0 Å². The Morgan fingerprint density at radius 3 is 2.08 bits per heavy atom. The quantitative estimate of drug-likeness (QED) is 0.450. The van der Waals surface area contributed by atoms with E-state index in [1.165, 1.54) is 19.1 Å². The molecule has 2 fully saturated rings. The van der Waals surface area contributed by atoms with E-state index >= 15 is 0 Å². The second-order valence-corrected chi connectivity index (χ2v) is 9.67. The van der Waals surface area contributed by atoms with Gasteiger partial charge in [-0.2, -0.15) is 26.3 Å². The Morgan fingerprint density at radius 1 is 0.973 bits per heavy atom. The Hall–Kier alpha value is -2.66. The van der Waals surface area contributed by atoms with Gasteiger partial charge in [0, 0.05) is 12.0 Å². The molecular weight excluding hydrogens is 505 g/mol. The zero-order valence-corrected chi connectivity index (χ0v) is 20.1. The van der Waals surface area contributed by atoms with Crippen molar-refractivity contribution in [3.8, 4) is 0 Å². The molecule has 37 heavy (non-hydrogen) atoms. The van der Waals surface area contributed by atoms with Gasteiger partial charge in [-0.1, -0.05) is 12.1 Å². The molecule has 0 bridgehead atoms. The number of carbonyl (C=O) groups excluding carboxylic acids is 1. The van der Waals surface area contributed by atoms with Crippen molar-refractivity contribution in [2.24, 2.45) is 5.92 Å². The third-order valence-corrected chi connectivity index (χ3v) is 7.36. The number of benzene rings is 2. The molecule has 2 aliphatic rings. The molecule has 1 saturated heterocycles. The van der Waals surface area contributed by atoms with Gasteiger partial charge < -0.3 is 15.4 Å². The molecule has 0 spiro atoms. The van der Waals surface area contributed by atoms with Crippen molar-refractivity contribution in [2.75, 3.05) is 7.05 Å². The van der Waals surface area contributed by atoms with E-state index < -0.39 is 41.5 Å². The summed E-state index contributed by atoms with van der Waals surface area (Å²) in [5.74, 6) is -1.06. The maximum Gasteiger partial charge on any atom is 0.416 e. The highest BCUT2D eigenvalue weighted by Crippen LogP contribution is 2.47. The molecule has 6 atom stereocenters. The van der Waals surface area contributed by atoms with Crippen molar-refractivity contribution < 1.29 is 40.3 Å². The van der Waals surface area contributed by atoms with Gasteiger partial charge in [-0.15, -0.1) is 0 Å². The Morgan fingerprint density at radius 2 is 1.57 bits per heavy atom.